The first kappa shape index (κ1) is 21.1. The number of amides is 1. The molecule has 2 N–H and O–H groups in total. The van der Waals surface area contributed by atoms with Crippen molar-refractivity contribution in [1.82, 2.24) is 15.0 Å². The van der Waals surface area contributed by atoms with Crippen LogP contribution >= 0.6 is 12.2 Å². The summed E-state index contributed by atoms with van der Waals surface area (Å²) in [5.41, 5.74) is 5.65. The van der Waals surface area contributed by atoms with Crippen molar-refractivity contribution >= 4 is 34.7 Å². The molecule has 0 bridgehead atoms. The predicted octanol–water partition coefficient (Wildman–Crippen LogP) is 4.43. The normalized spacial score (nSPS) is 10.5. The maximum Gasteiger partial charge on any atom is 0.271 e. The van der Waals surface area contributed by atoms with Gasteiger partial charge in [-0.15, -0.1) is 6.58 Å². The van der Waals surface area contributed by atoms with Crippen LogP contribution in [0.2, 0.25) is 0 Å². The van der Waals surface area contributed by atoms with Crippen LogP contribution in [0.25, 0.3) is 10.9 Å². The number of nitrogens with zero attached hydrogens (tertiary/aromatic N) is 2. The molecule has 0 aliphatic rings. The lowest BCUT2D eigenvalue weighted by Crippen LogP contribution is -2.23. The van der Waals surface area contributed by atoms with Crippen molar-refractivity contribution in [2.24, 2.45) is 5.10 Å². The van der Waals surface area contributed by atoms with Gasteiger partial charge in [-0.05, 0) is 30.4 Å². The zero-order valence-electron chi connectivity index (χ0n) is 17.1. The van der Waals surface area contributed by atoms with Crippen molar-refractivity contribution in [3.63, 3.8) is 0 Å². The second kappa shape index (κ2) is 9.36. The Bertz CT molecular complexity index is 1400. The van der Waals surface area contributed by atoms with Crippen molar-refractivity contribution in [2.45, 2.75) is 6.54 Å². The molecule has 4 aromatic rings. The fourth-order valence-electron chi connectivity index (χ4n) is 3.35. The topological polar surface area (TPSA) is 79.2 Å². The van der Waals surface area contributed by atoms with Gasteiger partial charge in [0.2, 0.25) is 0 Å². The molecule has 0 radical (unpaired) electrons. The smallest absolute Gasteiger partial charge is 0.271 e. The van der Waals surface area contributed by atoms with Crippen LogP contribution in [-0.4, -0.2) is 21.2 Å². The van der Waals surface area contributed by atoms with E-state index in [4.69, 9.17) is 12.2 Å². The van der Waals surface area contributed by atoms with Gasteiger partial charge in [0.05, 0.1) is 16.6 Å². The second-order valence-corrected chi connectivity index (χ2v) is 7.42. The molecular weight excluding hydrogens is 420 g/mol. The third-order valence-electron chi connectivity index (χ3n) is 4.92. The number of hydrogen-bond donors (Lipinski definition) is 2. The highest BCUT2D eigenvalue weighted by atomic mass is 32.1. The lowest BCUT2D eigenvalue weighted by atomic mass is 10.0. The molecule has 4 rings (SSSR count). The average Bonchev–Trinajstić information content (AvgIpc) is 2.83. The third-order valence-corrected chi connectivity index (χ3v) is 5.24. The molecule has 32 heavy (non-hydrogen) atoms. The Kier molecular flexibility index (Phi) is 6.19. The Balaban J connectivity index is 1.68. The summed E-state index contributed by atoms with van der Waals surface area (Å²) in [6.07, 6.45) is 1.60. The quantitative estimate of drug-likeness (QED) is 0.202. The Hall–Kier alpha value is -4.10. The zero-order chi connectivity index (χ0) is 22.5. The number of nitrogens with one attached hydrogen (secondary N) is 2. The molecule has 0 fully saturated rings. The highest BCUT2D eigenvalue weighted by molar-refractivity contribution is 7.71. The van der Waals surface area contributed by atoms with Gasteiger partial charge in [0.1, 0.15) is 0 Å². The molecule has 0 saturated heterocycles. The van der Waals surface area contributed by atoms with Gasteiger partial charge in [0, 0.05) is 23.2 Å². The molecule has 1 amide bonds. The van der Waals surface area contributed by atoms with Crippen molar-refractivity contribution in [3.8, 4) is 0 Å². The summed E-state index contributed by atoms with van der Waals surface area (Å²) < 4.78 is 1.69. The number of rotatable bonds is 6. The summed E-state index contributed by atoms with van der Waals surface area (Å²) in [5.74, 6) is -0.397. The Morgan fingerprint density at radius 1 is 1.00 bits per heavy atom. The van der Waals surface area contributed by atoms with E-state index in [2.05, 4.69) is 22.1 Å². The van der Waals surface area contributed by atoms with Gasteiger partial charge in [-0.25, -0.2) is 5.43 Å². The Morgan fingerprint density at radius 2 is 1.62 bits per heavy atom. The summed E-state index contributed by atoms with van der Waals surface area (Å²) in [4.78, 5) is 28.5. The lowest BCUT2D eigenvalue weighted by Gasteiger charge is -2.09. The van der Waals surface area contributed by atoms with Crippen LogP contribution in [0.5, 0.6) is 0 Å². The van der Waals surface area contributed by atoms with Crippen LogP contribution < -0.4 is 11.0 Å². The molecule has 0 aliphatic heterocycles. The number of hydrazone groups is 1. The number of carbonyl (C=O) groups is 1. The molecule has 1 aromatic heterocycles. The molecule has 0 spiro atoms. The minimum Gasteiger partial charge on any atom is -0.332 e. The Labute approximate surface area is 189 Å². The average molecular weight is 441 g/mol. The Morgan fingerprint density at radius 3 is 2.22 bits per heavy atom. The number of aromatic amines is 1. The van der Waals surface area contributed by atoms with Crippen LogP contribution in [0.3, 0.4) is 0 Å². The van der Waals surface area contributed by atoms with Crippen molar-refractivity contribution < 1.29 is 4.79 Å². The first-order chi connectivity index (χ1) is 15.6. The van der Waals surface area contributed by atoms with Crippen LogP contribution in [-0.2, 0) is 6.54 Å². The fourth-order valence-corrected chi connectivity index (χ4v) is 3.62. The molecular formula is C25H20N4O2S. The third kappa shape index (κ3) is 4.33. The van der Waals surface area contributed by atoms with Gasteiger partial charge in [-0.1, -0.05) is 66.7 Å². The first-order valence-corrected chi connectivity index (χ1v) is 10.4. The van der Waals surface area contributed by atoms with E-state index < -0.39 is 5.91 Å². The van der Waals surface area contributed by atoms with Crippen LogP contribution in [0.1, 0.15) is 21.5 Å². The van der Waals surface area contributed by atoms with E-state index in [1.165, 1.54) is 4.57 Å². The first-order valence-electron chi connectivity index (χ1n) is 9.95. The van der Waals surface area contributed by atoms with E-state index in [0.717, 1.165) is 11.1 Å². The summed E-state index contributed by atoms with van der Waals surface area (Å²) in [7, 11) is 0. The van der Waals surface area contributed by atoms with Gasteiger partial charge in [0.25, 0.3) is 11.5 Å². The van der Waals surface area contributed by atoms with Gasteiger partial charge in [-0.3, -0.25) is 14.2 Å². The van der Waals surface area contributed by atoms with Crippen LogP contribution in [0.15, 0.2) is 101 Å². The standard InChI is InChI=1S/C25H20N4O2S/c1-2-15-29-24(31)20-14-13-19(16-21(20)26-25(29)32)23(30)28-27-22(17-9-5-3-6-10-17)18-11-7-4-8-12-18/h2-14,16H,1,15H2,(H,26,32)(H,28,30). The number of fused-ring (bicyclic) bond motifs is 1. The fraction of sp³-hybridized carbons (Fsp3) is 0.0400. The minimum atomic E-state index is -0.397. The van der Waals surface area contributed by atoms with E-state index in [9.17, 15) is 9.59 Å². The van der Waals surface area contributed by atoms with E-state index in [1.807, 2.05) is 60.7 Å². The number of H-pyrrole nitrogens is 1. The number of hydrogen-bond acceptors (Lipinski definition) is 4. The predicted molar refractivity (Wildman–Crippen MR) is 130 cm³/mol. The van der Waals surface area contributed by atoms with Crippen molar-refractivity contribution in [1.29, 1.82) is 0 Å². The molecule has 0 aliphatic carbocycles. The molecule has 6 nitrogen and oxygen atoms in total. The molecule has 1 heterocycles. The number of aromatic nitrogens is 2. The molecule has 158 valence electrons. The molecule has 0 unspecified atom stereocenters. The highest BCUT2D eigenvalue weighted by Crippen LogP contribution is 2.13. The summed E-state index contributed by atoms with van der Waals surface area (Å²) in [5, 5.41) is 4.84. The van der Waals surface area contributed by atoms with Crippen molar-refractivity contribution in [2.75, 3.05) is 0 Å². The number of allylic oxidation sites excluding steroid dienone is 1. The number of carbonyl (C=O) groups excluding carboxylic acids is 1. The molecule has 7 heteroatoms. The maximum absolute atomic E-state index is 12.8. The SMILES string of the molecule is C=CCn1c(=S)[nH]c2cc(C(=O)NN=C(c3ccccc3)c3ccccc3)ccc2c1=O. The van der Waals surface area contributed by atoms with Crippen LogP contribution in [0.4, 0.5) is 0 Å². The minimum absolute atomic E-state index is 0.232. The zero-order valence-corrected chi connectivity index (χ0v) is 17.9. The lowest BCUT2D eigenvalue weighted by molar-refractivity contribution is 0.0955. The molecule has 0 atom stereocenters. The van der Waals surface area contributed by atoms with E-state index in [-0.39, 0.29) is 10.3 Å². The van der Waals surface area contributed by atoms with E-state index in [1.54, 1.807) is 24.3 Å². The van der Waals surface area contributed by atoms with Gasteiger partial charge in [-0.2, -0.15) is 5.10 Å². The maximum atomic E-state index is 12.8. The second-order valence-electron chi connectivity index (χ2n) is 7.03. The van der Waals surface area contributed by atoms with E-state index >= 15 is 0 Å². The van der Waals surface area contributed by atoms with Crippen LogP contribution in [0, 0.1) is 4.77 Å². The number of benzene rings is 3. The summed E-state index contributed by atoms with van der Waals surface area (Å²) >= 11 is 5.27. The van der Waals surface area contributed by atoms with Gasteiger partial charge < -0.3 is 4.98 Å². The largest absolute Gasteiger partial charge is 0.332 e. The summed E-state index contributed by atoms with van der Waals surface area (Å²) in [6.45, 7) is 3.96. The molecule has 0 saturated carbocycles. The van der Waals surface area contributed by atoms with Crippen molar-refractivity contribution in [3.05, 3.63) is 123 Å². The van der Waals surface area contributed by atoms with Gasteiger partial charge >= 0.3 is 0 Å². The van der Waals surface area contributed by atoms with E-state index in [0.29, 0.717) is 28.7 Å². The summed E-state index contributed by atoms with van der Waals surface area (Å²) in [6, 6.07) is 24.0. The highest BCUT2D eigenvalue weighted by Gasteiger charge is 2.12. The molecule has 3 aromatic carbocycles. The van der Waals surface area contributed by atoms with Gasteiger partial charge in [0.15, 0.2) is 4.77 Å². The monoisotopic (exact) mass is 440 g/mol.